The highest BCUT2D eigenvalue weighted by Gasteiger charge is 2.30. The van der Waals surface area contributed by atoms with Crippen molar-refractivity contribution < 1.29 is 13.2 Å². The number of rotatable bonds is 3. The SMILES string of the molecule is Cc1cc(C(F)(F)F)ccc1CC[C@H](C)N. The second-order valence-electron chi connectivity index (χ2n) is 4.15. The molecule has 1 rings (SSSR count). The first-order chi connectivity index (χ1) is 7.30. The Hall–Kier alpha value is -1.03. The van der Waals surface area contributed by atoms with E-state index in [9.17, 15) is 13.2 Å². The van der Waals surface area contributed by atoms with Crippen molar-refractivity contribution in [2.75, 3.05) is 0 Å². The van der Waals surface area contributed by atoms with Gasteiger partial charge in [0.05, 0.1) is 5.56 Å². The van der Waals surface area contributed by atoms with Gasteiger partial charge in [-0.05, 0) is 49.9 Å². The van der Waals surface area contributed by atoms with Gasteiger partial charge in [0.25, 0.3) is 0 Å². The fraction of sp³-hybridized carbons (Fsp3) is 0.500. The first-order valence-electron chi connectivity index (χ1n) is 5.23. The van der Waals surface area contributed by atoms with Crippen molar-refractivity contribution in [2.24, 2.45) is 5.73 Å². The third-order valence-corrected chi connectivity index (χ3v) is 2.54. The third kappa shape index (κ3) is 3.52. The monoisotopic (exact) mass is 231 g/mol. The van der Waals surface area contributed by atoms with Crippen LogP contribution in [0.2, 0.25) is 0 Å². The van der Waals surface area contributed by atoms with E-state index in [0.29, 0.717) is 5.56 Å². The van der Waals surface area contributed by atoms with Crippen molar-refractivity contribution in [3.05, 3.63) is 34.9 Å². The number of aryl methyl sites for hydroxylation is 2. The molecule has 16 heavy (non-hydrogen) atoms. The maximum absolute atomic E-state index is 12.4. The smallest absolute Gasteiger partial charge is 0.328 e. The molecule has 2 N–H and O–H groups in total. The second-order valence-corrected chi connectivity index (χ2v) is 4.15. The topological polar surface area (TPSA) is 26.0 Å². The molecule has 0 aromatic heterocycles. The molecule has 0 saturated carbocycles. The lowest BCUT2D eigenvalue weighted by molar-refractivity contribution is -0.137. The lowest BCUT2D eigenvalue weighted by Crippen LogP contribution is -2.15. The fourth-order valence-corrected chi connectivity index (χ4v) is 1.54. The zero-order chi connectivity index (χ0) is 12.3. The van der Waals surface area contributed by atoms with Gasteiger partial charge in [0.1, 0.15) is 0 Å². The molecule has 4 heteroatoms. The van der Waals surface area contributed by atoms with Gasteiger partial charge >= 0.3 is 6.18 Å². The second kappa shape index (κ2) is 4.87. The summed E-state index contributed by atoms with van der Waals surface area (Å²) in [6, 6.07) is 3.93. The van der Waals surface area contributed by atoms with Gasteiger partial charge < -0.3 is 5.73 Å². The quantitative estimate of drug-likeness (QED) is 0.848. The first-order valence-corrected chi connectivity index (χ1v) is 5.23. The fourth-order valence-electron chi connectivity index (χ4n) is 1.54. The van der Waals surface area contributed by atoms with Crippen LogP contribution in [0.4, 0.5) is 13.2 Å². The van der Waals surface area contributed by atoms with Gasteiger partial charge in [-0.3, -0.25) is 0 Å². The molecular weight excluding hydrogens is 215 g/mol. The Morgan fingerprint density at radius 2 is 1.94 bits per heavy atom. The van der Waals surface area contributed by atoms with Crippen LogP contribution in [0.25, 0.3) is 0 Å². The summed E-state index contributed by atoms with van der Waals surface area (Å²) < 4.78 is 37.2. The number of benzene rings is 1. The highest BCUT2D eigenvalue weighted by Crippen LogP contribution is 2.30. The molecule has 0 radical (unpaired) electrons. The van der Waals surface area contributed by atoms with Crippen LogP contribution in [0.3, 0.4) is 0 Å². The van der Waals surface area contributed by atoms with Gasteiger partial charge in [0, 0.05) is 6.04 Å². The van der Waals surface area contributed by atoms with Crippen molar-refractivity contribution in [3.63, 3.8) is 0 Å². The van der Waals surface area contributed by atoms with E-state index in [-0.39, 0.29) is 6.04 Å². The minimum atomic E-state index is -4.26. The summed E-state index contributed by atoms with van der Waals surface area (Å²) >= 11 is 0. The van der Waals surface area contributed by atoms with E-state index >= 15 is 0 Å². The molecule has 0 aliphatic carbocycles. The maximum atomic E-state index is 12.4. The average Bonchev–Trinajstić information content (AvgIpc) is 2.14. The zero-order valence-corrected chi connectivity index (χ0v) is 9.43. The van der Waals surface area contributed by atoms with Gasteiger partial charge in [-0.2, -0.15) is 13.2 Å². The van der Waals surface area contributed by atoms with Crippen molar-refractivity contribution in [1.82, 2.24) is 0 Å². The average molecular weight is 231 g/mol. The van der Waals surface area contributed by atoms with Crippen LogP contribution < -0.4 is 5.73 Å². The summed E-state index contributed by atoms with van der Waals surface area (Å²) in [6.07, 6.45) is -2.75. The Balaban J connectivity index is 2.84. The summed E-state index contributed by atoms with van der Waals surface area (Å²) in [4.78, 5) is 0. The summed E-state index contributed by atoms with van der Waals surface area (Å²) in [7, 11) is 0. The van der Waals surface area contributed by atoms with E-state index < -0.39 is 11.7 Å². The molecule has 0 bridgehead atoms. The third-order valence-electron chi connectivity index (χ3n) is 2.54. The van der Waals surface area contributed by atoms with Gasteiger partial charge in [-0.25, -0.2) is 0 Å². The van der Waals surface area contributed by atoms with Gasteiger partial charge in [0.2, 0.25) is 0 Å². The van der Waals surface area contributed by atoms with Crippen molar-refractivity contribution >= 4 is 0 Å². The number of hydrogen-bond donors (Lipinski definition) is 1. The number of nitrogens with two attached hydrogens (primary N) is 1. The van der Waals surface area contributed by atoms with Crippen molar-refractivity contribution in [1.29, 1.82) is 0 Å². The van der Waals surface area contributed by atoms with E-state index in [1.54, 1.807) is 13.0 Å². The number of halogens is 3. The molecular formula is C12H16F3N. The summed E-state index contributed by atoms with van der Waals surface area (Å²) in [5.41, 5.74) is 6.63. The van der Waals surface area contributed by atoms with Gasteiger partial charge in [0.15, 0.2) is 0 Å². The Morgan fingerprint density at radius 1 is 1.31 bits per heavy atom. The molecule has 0 aliphatic rings. The molecule has 90 valence electrons. The number of hydrogen-bond acceptors (Lipinski definition) is 1. The lowest BCUT2D eigenvalue weighted by atomic mass is 9.99. The lowest BCUT2D eigenvalue weighted by Gasteiger charge is -2.11. The molecule has 0 aliphatic heterocycles. The largest absolute Gasteiger partial charge is 0.416 e. The minimum Gasteiger partial charge on any atom is -0.328 e. The van der Waals surface area contributed by atoms with Crippen molar-refractivity contribution in [3.8, 4) is 0 Å². The normalized spacial score (nSPS) is 13.9. The van der Waals surface area contributed by atoms with Crippen LogP contribution in [0, 0.1) is 6.92 Å². The molecule has 0 spiro atoms. The molecule has 1 aromatic carbocycles. The van der Waals surface area contributed by atoms with E-state index in [1.165, 1.54) is 6.07 Å². The van der Waals surface area contributed by atoms with Crippen LogP contribution in [-0.2, 0) is 12.6 Å². The van der Waals surface area contributed by atoms with E-state index in [1.807, 2.05) is 6.92 Å². The van der Waals surface area contributed by atoms with Gasteiger partial charge in [-0.1, -0.05) is 6.07 Å². The predicted molar refractivity (Wildman–Crippen MR) is 58.2 cm³/mol. The molecule has 0 amide bonds. The maximum Gasteiger partial charge on any atom is 0.416 e. The van der Waals surface area contributed by atoms with E-state index in [0.717, 1.165) is 24.5 Å². The van der Waals surface area contributed by atoms with E-state index in [4.69, 9.17) is 5.73 Å². The highest BCUT2D eigenvalue weighted by atomic mass is 19.4. The molecule has 1 nitrogen and oxygen atoms in total. The Kier molecular flexibility index (Phi) is 3.97. The van der Waals surface area contributed by atoms with E-state index in [2.05, 4.69) is 0 Å². The molecule has 0 fully saturated rings. The first kappa shape index (κ1) is 13.0. The molecule has 0 saturated heterocycles. The molecule has 0 unspecified atom stereocenters. The van der Waals surface area contributed by atoms with Crippen molar-refractivity contribution in [2.45, 2.75) is 38.9 Å². The van der Waals surface area contributed by atoms with Crippen LogP contribution >= 0.6 is 0 Å². The summed E-state index contributed by atoms with van der Waals surface area (Å²) in [5.74, 6) is 0. The zero-order valence-electron chi connectivity index (χ0n) is 9.43. The predicted octanol–water partition coefficient (Wildman–Crippen LogP) is 3.29. The minimum absolute atomic E-state index is 0.0710. The number of alkyl halides is 3. The Morgan fingerprint density at radius 3 is 2.38 bits per heavy atom. The Bertz CT molecular complexity index is 356. The standard InChI is InChI=1S/C12H16F3N/c1-8-7-11(12(13,14)15)6-5-10(8)4-3-9(2)16/h5-7,9H,3-4,16H2,1-2H3/t9-/m0/s1. The molecule has 1 atom stereocenters. The molecule has 1 aromatic rings. The highest BCUT2D eigenvalue weighted by molar-refractivity contribution is 5.32. The summed E-state index contributed by atoms with van der Waals surface area (Å²) in [5, 5.41) is 0. The molecule has 0 heterocycles. The van der Waals surface area contributed by atoms with Crippen LogP contribution in [-0.4, -0.2) is 6.04 Å². The van der Waals surface area contributed by atoms with Crippen LogP contribution in [0.15, 0.2) is 18.2 Å². The summed E-state index contributed by atoms with van der Waals surface area (Å²) in [6.45, 7) is 3.59. The van der Waals surface area contributed by atoms with Crippen LogP contribution in [0.5, 0.6) is 0 Å². The van der Waals surface area contributed by atoms with Crippen LogP contribution in [0.1, 0.15) is 30.0 Å². The van der Waals surface area contributed by atoms with Gasteiger partial charge in [-0.15, -0.1) is 0 Å². The Labute approximate surface area is 93.5 Å².